The number of hydrogen-bond donors (Lipinski definition) is 0. The van der Waals surface area contributed by atoms with Crippen molar-refractivity contribution in [2.45, 2.75) is 10.8 Å². The average Bonchev–Trinajstić information content (AvgIpc) is 2.50. The summed E-state index contributed by atoms with van der Waals surface area (Å²) in [7, 11) is 2.61. The molecule has 2 bridgehead atoms. The van der Waals surface area contributed by atoms with Crippen molar-refractivity contribution in [3.8, 4) is 0 Å². The van der Waals surface area contributed by atoms with Crippen molar-refractivity contribution in [1.29, 1.82) is 0 Å². The summed E-state index contributed by atoms with van der Waals surface area (Å²) in [4.78, 5) is 24.1. The standard InChI is InChI=1S/C14H14Cl2O4/c1-19-13(17)9-5-3-4-6(10(9)14(18)20-2)8-7(5)11(15)12(8)16/h3-8,11-12H,1-2H3/t5-,6-,7-,8+,11-,12-/m0/s1. The lowest BCUT2D eigenvalue weighted by Crippen LogP contribution is -2.61. The van der Waals surface area contributed by atoms with Gasteiger partial charge in [-0.3, -0.25) is 0 Å². The third-order valence-corrected chi connectivity index (χ3v) is 5.86. The van der Waals surface area contributed by atoms with Crippen LogP contribution in [0.25, 0.3) is 0 Å². The van der Waals surface area contributed by atoms with Crippen LogP contribution in [0.2, 0.25) is 0 Å². The number of hydrogen-bond acceptors (Lipinski definition) is 4. The zero-order chi connectivity index (χ0) is 14.6. The predicted molar refractivity (Wildman–Crippen MR) is 73.4 cm³/mol. The first kappa shape index (κ1) is 14.0. The van der Waals surface area contributed by atoms with Crippen LogP contribution in [0.3, 0.4) is 0 Å². The van der Waals surface area contributed by atoms with E-state index in [1.807, 2.05) is 12.2 Å². The summed E-state index contributed by atoms with van der Waals surface area (Å²) >= 11 is 12.6. The smallest absolute Gasteiger partial charge is 0.334 e. The van der Waals surface area contributed by atoms with Gasteiger partial charge in [-0.25, -0.2) is 9.59 Å². The van der Waals surface area contributed by atoms with Crippen LogP contribution in [0.5, 0.6) is 0 Å². The molecule has 0 spiro atoms. The van der Waals surface area contributed by atoms with Crippen molar-refractivity contribution in [2.24, 2.45) is 23.7 Å². The minimum Gasteiger partial charge on any atom is -0.466 e. The van der Waals surface area contributed by atoms with Crippen LogP contribution in [0.1, 0.15) is 0 Å². The molecule has 1 saturated carbocycles. The molecule has 20 heavy (non-hydrogen) atoms. The summed E-state index contributed by atoms with van der Waals surface area (Å²) < 4.78 is 9.64. The van der Waals surface area contributed by atoms with Crippen LogP contribution in [-0.4, -0.2) is 36.9 Å². The molecule has 4 rings (SSSR count). The van der Waals surface area contributed by atoms with Gasteiger partial charge < -0.3 is 9.47 Å². The quantitative estimate of drug-likeness (QED) is 0.443. The Morgan fingerprint density at radius 1 is 0.900 bits per heavy atom. The Balaban J connectivity index is 2.11. The van der Waals surface area contributed by atoms with Gasteiger partial charge >= 0.3 is 11.9 Å². The molecule has 4 aliphatic rings. The molecule has 0 saturated heterocycles. The van der Waals surface area contributed by atoms with Crippen molar-refractivity contribution < 1.29 is 19.1 Å². The number of rotatable bonds is 2. The van der Waals surface area contributed by atoms with E-state index in [2.05, 4.69) is 0 Å². The van der Waals surface area contributed by atoms with Crippen molar-refractivity contribution in [3.05, 3.63) is 23.3 Å². The molecule has 0 heterocycles. The van der Waals surface area contributed by atoms with Gasteiger partial charge in [-0.2, -0.15) is 0 Å². The van der Waals surface area contributed by atoms with Crippen LogP contribution < -0.4 is 0 Å². The molecule has 0 aliphatic heterocycles. The third-order valence-electron chi connectivity index (χ3n) is 4.61. The summed E-state index contributed by atoms with van der Waals surface area (Å²) in [6.07, 6.45) is 3.87. The Morgan fingerprint density at radius 2 is 1.25 bits per heavy atom. The van der Waals surface area contributed by atoms with Gasteiger partial charge in [-0.1, -0.05) is 12.2 Å². The van der Waals surface area contributed by atoms with Gasteiger partial charge in [0, 0.05) is 11.8 Å². The number of esters is 2. The van der Waals surface area contributed by atoms with Crippen molar-refractivity contribution in [1.82, 2.24) is 0 Å². The van der Waals surface area contributed by atoms with Gasteiger partial charge in [0.1, 0.15) is 0 Å². The lowest BCUT2D eigenvalue weighted by molar-refractivity contribution is -0.142. The monoisotopic (exact) mass is 316 g/mol. The molecule has 1 fully saturated rings. The van der Waals surface area contributed by atoms with E-state index in [0.717, 1.165) is 0 Å². The largest absolute Gasteiger partial charge is 0.466 e. The highest BCUT2D eigenvalue weighted by Crippen LogP contribution is 2.60. The van der Waals surface area contributed by atoms with Gasteiger partial charge in [-0.15, -0.1) is 23.2 Å². The summed E-state index contributed by atoms with van der Waals surface area (Å²) in [5.41, 5.74) is 0.754. The number of methoxy groups -OCH3 is 2. The number of carbonyl (C=O) groups excluding carboxylic acids is 2. The molecular weight excluding hydrogens is 303 g/mol. The molecule has 0 N–H and O–H groups in total. The number of carbonyl (C=O) groups is 2. The SMILES string of the molecule is COC(=O)C1=C(C(=O)OC)[C@H]2C=C[C@H]1[C@@H]1[C@H](Cl)[C@@H](Cl)[C@@H]12. The first-order valence-electron chi connectivity index (χ1n) is 6.40. The lowest BCUT2D eigenvalue weighted by Gasteiger charge is -2.57. The molecular formula is C14H14Cl2O4. The molecule has 6 atom stereocenters. The zero-order valence-electron chi connectivity index (χ0n) is 11.0. The summed E-state index contributed by atoms with van der Waals surface area (Å²) in [6.45, 7) is 0. The van der Waals surface area contributed by atoms with Gasteiger partial charge in [-0.05, 0) is 11.8 Å². The Bertz CT molecular complexity index is 493. The molecule has 0 aromatic heterocycles. The molecule has 0 aromatic carbocycles. The van der Waals surface area contributed by atoms with Crippen LogP contribution in [0, 0.1) is 23.7 Å². The third kappa shape index (κ3) is 1.61. The van der Waals surface area contributed by atoms with Gasteiger partial charge in [0.25, 0.3) is 0 Å². The van der Waals surface area contributed by atoms with E-state index in [-0.39, 0.29) is 34.4 Å². The van der Waals surface area contributed by atoms with Crippen LogP contribution in [0.15, 0.2) is 23.3 Å². The molecule has 0 amide bonds. The van der Waals surface area contributed by atoms with E-state index in [1.54, 1.807) is 0 Å². The van der Waals surface area contributed by atoms with E-state index < -0.39 is 11.9 Å². The Morgan fingerprint density at radius 3 is 1.55 bits per heavy atom. The lowest BCUT2D eigenvalue weighted by atomic mass is 9.51. The predicted octanol–water partition coefficient (Wildman–Crippen LogP) is 1.91. The maximum Gasteiger partial charge on any atom is 0.334 e. The van der Waals surface area contributed by atoms with Gasteiger partial charge in [0.2, 0.25) is 0 Å². The van der Waals surface area contributed by atoms with E-state index in [4.69, 9.17) is 32.7 Å². The molecule has 4 aliphatic carbocycles. The maximum atomic E-state index is 12.1. The average molecular weight is 317 g/mol. The van der Waals surface area contributed by atoms with Crippen molar-refractivity contribution in [3.63, 3.8) is 0 Å². The van der Waals surface area contributed by atoms with E-state index in [1.165, 1.54) is 14.2 Å². The minimum atomic E-state index is -0.495. The first-order valence-corrected chi connectivity index (χ1v) is 7.27. The number of allylic oxidation sites excluding steroid dienone is 2. The number of halogens is 2. The highest BCUT2D eigenvalue weighted by Gasteiger charge is 2.62. The summed E-state index contributed by atoms with van der Waals surface area (Å²) in [6, 6.07) is 0. The van der Waals surface area contributed by atoms with E-state index in [9.17, 15) is 9.59 Å². The maximum absolute atomic E-state index is 12.1. The highest BCUT2D eigenvalue weighted by atomic mass is 35.5. The second-order valence-electron chi connectivity index (χ2n) is 5.29. The minimum absolute atomic E-state index is 0.0803. The topological polar surface area (TPSA) is 52.6 Å². The van der Waals surface area contributed by atoms with Crippen molar-refractivity contribution in [2.75, 3.05) is 14.2 Å². The fourth-order valence-corrected chi connectivity index (χ4v) is 4.71. The van der Waals surface area contributed by atoms with Gasteiger partial charge in [0.05, 0.1) is 36.1 Å². The second-order valence-corrected chi connectivity index (χ2v) is 6.30. The zero-order valence-corrected chi connectivity index (χ0v) is 12.5. The van der Waals surface area contributed by atoms with Crippen LogP contribution >= 0.6 is 23.2 Å². The Hall–Kier alpha value is -1.00. The molecule has 0 radical (unpaired) electrons. The molecule has 108 valence electrons. The summed E-state index contributed by atoms with van der Waals surface area (Å²) in [5.74, 6) is -1.27. The first-order chi connectivity index (χ1) is 9.52. The Labute approximate surface area is 126 Å². The highest BCUT2D eigenvalue weighted by molar-refractivity contribution is 6.32. The fourth-order valence-electron chi connectivity index (χ4n) is 3.72. The van der Waals surface area contributed by atoms with Crippen LogP contribution in [0.4, 0.5) is 0 Å². The van der Waals surface area contributed by atoms with Gasteiger partial charge in [0.15, 0.2) is 0 Å². The number of ether oxygens (including phenoxy) is 2. The molecule has 0 aromatic rings. The molecule has 6 heteroatoms. The van der Waals surface area contributed by atoms with E-state index in [0.29, 0.717) is 11.1 Å². The summed E-state index contributed by atoms with van der Waals surface area (Å²) in [5, 5.41) is -0.393. The molecule has 0 unspecified atom stereocenters. The van der Waals surface area contributed by atoms with Crippen LogP contribution in [-0.2, 0) is 19.1 Å². The fraction of sp³-hybridized carbons (Fsp3) is 0.571. The normalized spacial score (nSPS) is 41.0. The molecule has 4 nitrogen and oxygen atoms in total. The van der Waals surface area contributed by atoms with Crippen molar-refractivity contribution >= 4 is 35.1 Å². The van der Waals surface area contributed by atoms with E-state index >= 15 is 0 Å². The number of alkyl halides is 2. The Kier molecular flexibility index (Phi) is 3.33. The second kappa shape index (κ2) is 4.78.